The molecule has 1 amide bonds. The summed E-state index contributed by atoms with van der Waals surface area (Å²) in [5, 5.41) is 5.84. The van der Waals surface area contributed by atoms with E-state index in [1.165, 1.54) is 7.11 Å². The Balaban J connectivity index is 1.77. The van der Waals surface area contributed by atoms with Crippen molar-refractivity contribution in [2.45, 2.75) is 13.5 Å². The molecule has 0 spiro atoms. The zero-order chi connectivity index (χ0) is 19.9. The second-order valence-electron chi connectivity index (χ2n) is 6.05. The normalized spacial score (nSPS) is 10.2. The van der Waals surface area contributed by atoms with Crippen LogP contribution in [-0.4, -0.2) is 29.0 Å². The lowest BCUT2D eigenvalue weighted by Gasteiger charge is -2.11. The maximum atomic E-state index is 12.7. The van der Waals surface area contributed by atoms with Gasteiger partial charge >= 0.3 is 5.97 Å². The van der Waals surface area contributed by atoms with Crippen LogP contribution in [0.3, 0.4) is 0 Å². The predicted octanol–water partition coefficient (Wildman–Crippen LogP) is 3.44. The van der Waals surface area contributed by atoms with E-state index in [0.717, 1.165) is 5.56 Å². The average molecular weight is 376 g/mol. The van der Waals surface area contributed by atoms with Crippen molar-refractivity contribution in [2.75, 3.05) is 17.7 Å². The highest BCUT2D eigenvalue weighted by Crippen LogP contribution is 2.17. The maximum absolute atomic E-state index is 12.7. The van der Waals surface area contributed by atoms with Crippen LogP contribution in [-0.2, 0) is 11.3 Å². The predicted molar refractivity (Wildman–Crippen MR) is 106 cm³/mol. The molecule has 3 rings (SSSR count). The summed E-state index contributed by atoms with van der Waals surface area (Å²) in [7, 11) is 1.29. The van der Waals surface area contributed by atoms with E-state index >= 15 is 0 Å². The number of nitrogens with one attached hydrogen (secondary N) is 2. The van der Waals surface area contributed by atoms with Gasteiger partial charge in [0.1, 0.15) is 5.69 Å². The largest absolute Gasteiger partial charge is 0.465 e. The average Bonchev–Trinajstić information content (AvgIpc) is 2.72. The molecule has 0 unspecified atom stereocenters. The van der Waals surface area contributed by atoms with Crippen LogP contribution in [0.5, 0.6) is 0 Å². The van der Waals surface area contributed by atoms with Crippen LogP contribution in [0, 0.1) is 6.92 Å². The molecule has 3 aromatic rings. The van der Waals surface area contributed by atoms with Crippen molar-refractivity contribution < 1.29 is 14.3 Å². The Hall–Kier alpha value is -3.74. The molecule has 1 aromatic heterocycles. The summed E-state index contributed by atoms with van der Waals surface area (Å²) < 4.78 is 4.75. The van der Waals surface area contributed by atoms with Crippen LogP contribution in [0.1, 0.15) is 32.1 Å². The van der Waals surface area contributed by atoms with Gasteiger partial charge in [-0.05, 0) is 30.7 Å². The number of aromatic nitrogens is 2. The number of rotatable bonds is 6. The van der Waals surface area contributed by atoms with Gasteiger partial charge in [-0.2, -0.15) is 0 Å². The van der Waals surface area contributed by atoms with Crippen molar-refractivity contribution >= 4 is 23.5 Å². The van der Waals surface area contributed by atoms with Crippen LogP contribution in [0.25, 0.3) is 0 Å². The number of carbonyl (C=O) groups excluding carboxylic acids is 2. The lowest BCUT2D eigenvalue weighted by molar-refractivity contribution is 0.0602. The molecule has 0 aliphatic heterocycles. The molecule has 0 saturated heterocycles. The molecule has 0 fully saturated rings. The Morgan fingerprint density at radius 3 is 2.46 bits per heavy atom. The summed E-state index contributed by atoms with van der Waals surface area (Å²) in [6.07, 6.45) is 0. The minimum absolute atomic E-state index is 0.197. The highest BCUT2D eigenvalue weighted by molar-refractivity contribution is 6.07. The Bertz CT molecular complexity index is 990. The van der Waals surface area contributed by atoms with Gasteiger partial charge in [-0.1, -0.05) is 42.5 Å². The number of carbonyl (C=O) groups is 2. The number of ether oxygens (including phenoxy) is 1. The van der Waals surface area contributed by atoms with Crippen molar-refractivity contribution in [3.05, 3.63) is 83.2 Å². The molecule has 0 atom stereocenters. The van der Waals surface area contributed by atoms with E-state index in [9.17, 15) is 9.59 Å². The molecule has 28 heavy (non-hydrogen) atoms. The standard InChI is InChI=1S/C21H20N4O3/c1-14-12-18(25-21(23-14)22-13-15-8-4-3-5-9-15)19(26)24-17-11-7-6-10-16(17)20(27)28-2/h3-12H,13H2,1-2H3,(H,24,26)(H,22,23,25). The minimum atomic E-state index is -0.528. The second-order valence-corrected chi connectivity index (χ2v) is 6.05. The van der Waals surface area contributed by atoms with E-state index in [-0.39, 0.29) is 11.3 Å². The van der Waals surface area contributed by atoms with E-state index in [4.69, 9.17) is 4.74 Å². The van der Waals surface area contributed by atoms with Crippen molar-refractivity contribution in [3.8, 4) is 0 Å². The lowest BCUT2D eigenvalue weighted by Crippen LogP contribution is -2.18. The first-order valence-electron chi connectivity index (χ1n) is 8.69. The fourth-order valence-electron chi connectivity index (χ4n) is 2.61. The molecule has 2 N–H and O–H groups in total. The van der Waals surface area contributed by atoms with Crippen molar-refractivity contribution in [1.82, 2.24) is 9.97 Å². The number of para-hydroxylation sites is 1. The fourth-order valence-corrected chi connectivity index (χ4v) is 2.61. The van der Waals surface area contributed by atoms with E-state index in [2.05, 4.69) is 20.6 Å². The molecule has 7 heteroatoms. The Morgan fingerprint density at radius 1 is 1.00 bits per heavy atom. The molecular weight excluding hydrogens is 356 g/mol. The summed E-state index contributed by atoms with van der Waals surface area (Å²) in [6.45, 7) is 2.32. The Labute approximate surface area is 162 Å². The molecule has 0 aliphatic rings. The SMILES string of the molecule is COC(=O)c1ccccc1NC(=O)c1cc(C)nc(NCc2ccccc2)n1. The monoisotopic (exact) mass is 376 g/mol. The van der Waals surface area contributed by atoms with Gasteiger partial charge in [0, 0.05) is 12.2 Å². The van der Waals surface area contributed by atoms with Crippen LogP contribution in [0.15, 0.2) is 60.7 Å². The molecule has 142 valence electrons. The van der Waals surface area contributed by atoms with Crippen molar-refractivity contribution in [2.24, 2.45) is 0 Å². The van der Waals surface area contributed by atoms with E-state index in [0.29, 0.717) is 23.9 Å². The quantitative estimate of drug-likeness (QED) is 0.640. The fraction of sp³-hybridized carbons (Fsp3) is 0.143. The topological polar surface area (TPSA) is 93.2 Å². The summed E-state index contributed by atoms with van der Waals surface area (Å²) in [5.41, 5.74) is 2.55. The van der Waals surface area contributed by atoms with Crippen LogP contribution in [0.2, 0.25) is 0 Å². The van der Waals surface area contributed by atoms with Gasteiger partial charge in [-0.3, -0.25) is 4.79 Å². The summed E-state index contributed by atoms with van der Waals surface area (Å²) >= 11 is 0. The lowest BCUT2D eigenvalue weighted by atomic mass is 10.1. The number of benzene rings is 2. The maximum Gasteiger partial charge on any atom is 0.339 e. The molecule has 0 aliphatic carbocycles. The number of methoxy groups -OCH3 is 1. The third-order valence-electron chi connectivity index (χ3n) is 3.96. The first-order chi connectivity index (χ1) is 13.6. The first-order valence-corrected chi connectivity index (χ1v) is 8.69. The first kappa shape index (κ1) is 19.0. The summed E-state index contributed by atoms with van der Waals surface area (Å²) in [4.78, 5) is 33.2. The zero-order valence-electron chi connectivity index (χ0n) is 15.6. The smallest absolute Gasteiger partial charge is 0.339 e. The molecule has 7 nitrogen and oxygen atoms in total. The second kappa shape index (κ2) is 8.77. The van der Waals surface area contributed by atoms with Gasteiger partial charge in [0.2, 0.25) is 5.95 Å². The van der Waals surface area contributed by atoms with Crippen LogP contribution < -0.4 is 10.6 Å². The number of anilines is 2. The molecule has 1 heterocycles. The minimum Gasteiger partial charge on any atom is -0.465 e. The highest BCUT2D eigenvalue weighted by Gasteiger charge is 2.16. The Kier molecular flexibility index (Phi) is 5.96. The molecular formula is C21H20N4O3. The molecule has 0 bridgehead atoms. The van der Waals surface area contributed by atoms with E-state index < -0.39 is 11.9 Å². The number of amides is 1. The molecule has 0 radical (unpaired) electrons. The van der Waals surface area contributed by atoms with E-state index in [1.807, 2.05) is 30.3 Å². The van der Waals surface area contributed by atoms with Gasteiger partial charge in [0.05, 0.1) is 18.4 Å². The summed E-state index contributed by atoms with van der Waals surface area (Å²) in [5.74, 6) is -0.611. The van der Waals surface area contributed by atoms with Crippen LogP contribution >= 0.6 is 0 Å². The number of aryl methyl sites for hydroxylation is 1. The van der Waals surface area contributed by atoms with Gasteiger partial charge < -0.3 is 15.4 Å². The van der Waals surface area contributed by atoms with Gasteiger partial charge in [-0.15, -0.1) is 0 Å². The Morgan fingerprint density at radius 2 is 1.71 bits per heavy atom. The summed E-state index contributed by atoms with van der Waals surface area (Å²) in [6, 6.07) is 18.0. The highest BCUT2D eigenvalue weighted by atomic mass is 16.5. The van der Waals surface area contributed by atoms with Gasteiger partial charge in [-0.25, -0.2) is 14.8 Å². The van der Waals surface area contributed by atoms with Crippen molar-refractivity contribution in [3.63, 3.8) is 0 Å². The number of hydrogen-bond acceptors (Lipinski definition) is 6. The number of hydrogen-bond donors (Lipinski definition) is 2. The number of nitrogens with zero attached hydrogens (tertiary/aromatic N) is 2. The zero-order valence-corrected chi connectivity index (χ0v) is 15.6. The van der Waals surface area contributed by atoms with Gasteiger partial charge in [0.15, 0.2) is 0 Å². The molecule has 0 saturated carbocycles. The number of esters is 1. The third kappa shape index (κ3) is 4.70. The van der Waals surface area contributed by atoms with Crippen molar-refractivity contribution in [1.29, 1.82) is 0 Å². The van der Waals surface area contributed by atoms with Gasteiger partial charge in [0.25, 0.3) is 5.91 Å². The third-order valence-corrected chi connectivity index (χ3v) is 3.96. The molecule has 2 aromatic carbocycles. The van der Waals surface area contributed by atoms with Crippen LogP contribution in [0.4, 0.5) is 11.6 Å². The van der Waals surface area contributed by atoms with E-state index in [1.54, 1.807) is 37.3 Å².